The number of sulfonamides is 1. The van der Waals surface area contributed by atoms with Gasteiger partial charge in [0.25, 0.3) is 10.0 Å². The first-order valence-corrected chi connectivity index (χ1v) is 10.6. The van der Waals surface area contributed by atoms with E-state index < -0.39 is 10.0 Å². The fraction of sp³-hybridized carbons (Fsp3) is 0.579. The largest absolute Gasteiger partial charge is 0.264 e. The van der Waals surface area contributed by atoms with E-state index in [4.69, 9.17) is 0 Å². The molecule has 1 atom stereocenters. The molecule has 1 aliphatic heterocycles. The van der Waals surface area contributed by atoms with Crippen molar-refractivity contribution in [3.63, 3.8) is 0 Å². The first-order valence-electron chi connectivity index (χ1n) is 9.09. The molecule has 0 saturated carbocycles. The van der Waals surface area contributed by atoms with E-state index in [-0.39, 0.29) is 5.96 Å². The van der Waals surface area contributed by atoms with Gasteiger partial charge in [0.15, 0.2) is 0 Å². The maximum absolute atomic E-state index is 13.2. The molecule has 1 aromatic rings. The molecule has 1 N–H and O–H groups in total. The van der Waals surface area contributed by atoms with Crippen molar-refractivity contribution in [2.45, 2.75) is 59.8 Å². The van der Waals surface area contributed by atoms with Gasteiger partial charge in [0.2, 0.25) is 5.96 Å². The number of hydrazone groups is 1. The molecule has 0 bridgehead atoms. The van der Waals surface area contributed by atoms with E-state index >= 15 is 0 Å². The quantitative estimate of drug-likeness (QED) is 0.646. The van der Waals surface area contributed by atoms with Gasteiger partial charge in [0, 0.05) is 18.7 Å². The molecule has 1 aromatic carbocycles. The lowest BCUT2D eigenvalue weighted by Gasteiger charge is -2.22. The molecule has 0 aromatic heterocycles. The van der Waals surface area contributed by atoms with Crippen LogP contribution in [0.15, 0.2) is 15.0 Å². The molecule has 7 heteroatoms. The van der Waals surface area contributed by atoms with E-state index in [1.807, 2.05) is 47.8 Å². The number of nitrogens with zero attached hydrogens (tertiary/aromatic N) is 3. The summed E-state index contributed by atoms with van der Waals surface area (Å²) < 4.78 is 29.1. The summed E-state index contributed by atoms with van der Waals surface area (Å²) in [6.07, 6.45) is 2.82. The van der Waals surface area contributed by atoms with Gasteiger partial charge in [-0.2, -0.15) is 5.10 Å². The predicted octanol–water partition coefficient (Wildman–Crippen LogP) is 3.21. The first-order chi connectivity index (χ1) is 12.1. The lowest BCUT2D eigenvalue weighted by molar-refractivity contribution is 0.429. The molecule has 0 saturated heterocycles. The smallest absolute Gasteiger partial charge is 0.251 e. The summed E-state index contributed by atoms with van der Waals surface area (Å²) in [4.78, 5) is 4.69. The Kier molecular flexibility index (Phi) is 6.11. The summed E-state index contributed by atoms with van der Waals surface area (Å²) >= 11 is 0. The minimum Gasteiger partial charge on any atom is -0.251 e. The molecule has 1 unspecified atom stereocenters. The zero-order valence-corrected chi connectivity index (χ0v) is 17.7. The van der Waals surface area contributed by atoms with Crippen LogP contribution in [0.3, 0.4) is 0 Å². The lowest BCUT2D eigenvalue weighted by Crippen LogP contribution is -2.42. The highest BCUT2D eigenvalue weighted by atomic mass is 32.2. The SMILES string of the molecule is CCN=C(NS(=O)(=O)c1c(C)c(C)c(C)c(C)c1C)N1CC(CC)C=N1. The van der Waals surface area contributed by atoms with Crippen molar-refractivity contribution >= 4 is 22.2 Å². The molecule has 0 amide bonds. The topological polar surface area (TPSA) is 74.1 Å². The van der Waals surface area contributed by atoms with Crippen LogP contribution in [0.4, 0.5) is 0 Å². The Bertz CT molecular complexity index is 828. The minimum atomic E-state index is -3.76. The third kappa shape index (κ3) is 3.77. The number of rotatable bonds is 4. The van der Waals surface area contributed by atoms with E-state index in [1.54, 1.807) is 5.01 Å². The Morgan fingerprint density at radius 1 is 1.12 bits per heavy atom. The monoisotopic (exact) mass is 378 g/mol. The van der Waals surface area contributed by atoms with Crippen molar-refractivity contribution < 1.29 is 8.42 Å². The summed E-state index contributed by atoms with van der Waals surface area (Å²) in [7, 11) is -3.76. The van der Waals surface area contributed by atoms with Gasteiger partial charge in [-0.25, -0.2) is 18.1 Å². The zero-order valence-electron chi connectivity index (χ0n) is 16.8. The van der Waals surface area contributed by atoms with Crippen LogP contribution in [0.2, 0.25) is 0 Å². The van der Waals surface area contributed by atoms with Crippen molar-refractivity contribution in [2.75, 3.05) is 13.1 Å². The summed E-state index contributed by atoms with van der Waals surface area (Å²) in [6, 6.07) is 0. The summed E-state index contributed by atoms with van der Waals surface area (Å²) in [5.41, 5.74) is 4.72. The Hall–Kier alpha value is -1.89. The predicted molar refractivity (Wildman–Crippen MR) is 107 cm³/mol. The van der Waals surface area contributed by atoms with E-state index in [9.17, 15) is 8.42 Å². The van der Waals surface area contributed by atoms with Crippen LogP contribution < -0.4 is 4.72 Å². The van der Waals surface area contributed by atoms with Crippen LogP contribution in [-0.2, 0) is 10.0 Å². The van der Waals surface area contributed by atoms with E-state index in [0.717, 1.165) is 34.2 Å². The normalized spacial score (nSPS) is 17.9. The minimum absolute atomic E-state index is 0.286. The van der Waals surface area contributed by atoms with E-state index in [0.29, 0.717) is 23.9 Å². The highest BCUT2D eigenvalue weighted by Gasteiger charge is 2.28. The van der Waals surface area contributed by atoms with Gasteiger partial charge < -0.3 is 0 Å². The van der Waals surface area contributed by atoms with Gasteiger partial charge >= 0.3 is 0 Å². The maximum Gasteiger partial charge on any atom is 0.264 e. The molecule has 0 radical (unpaired) electrons. The molecule has 6 nitrogen and oxygen atoms in total. The number of guanidine groups is 1. The summed E-state index contributed by atoms with van der Waals surface area (Å²) in [6.45, 7) is 14.8. The molecule has 0 fully saturated rings. The highest BCUT2D eigenvalue weighted by Crippen LogP contribution is 2.29. The Labute approximate surface area is 157 Å². The van der Waals surface area contributed by atoms with Gasteiger partial charge in [0.1, 0.15) is 0 Å². The van der Waals surface area contributed by atoms with Crippen LogP contribution in [0.5, 0.6) is 0 Å². The third-order valence-corrected chi connectivity index (χ3v) is 6.93. The molecule has 26 heavy (non-hydrogen) atoms. The van der Waals surface area contributed by atoms with Gasteiger partial charge in [0.05, 0.1) is 11.4 Å². The Morgan fingerprint density at radius 3 is 2.12 bits per heavy atom. The summed E-state index contributed by atoms with van der Waals surface area (Å²) in [5.74, 6) is 0.600. The molecular weight excluding hydrogens is 348 g/mol. The number of hydrogen-bond acceptors (Lipinski definition) is 4. The molecule has 144 valence electrons. The molecule has 0 spiro atoms. The zero-order chi connectivity index (χ0) is 19.6. The molecule has 1 heterocycles. The second kappa shape index (κ2) is 7.78. The van der Waals surface area contributed by atoms with Crippen LogP contribution in [0.1, 0.15) is 48.1 Å². The average Bonchev–Trinajstić information content (AvgIpc) is 3.06. The van der Waals surface area contributed by atoms with Crippen molar-refractivity contribution in [3.05, 3.63) is 27.8 Å². The average molecular weight is 379 g/mol. The summed E-state index contributed by atoms with van der Waals surface area (Å²) in [5, 5.41) is 5.98. The third-order valence-electron chi connectivity index (χ3n) is 5.33. The number of benzene rings is 1. The van der Waals surface area contributed by atoms with Crippen molar-refractivity contribution in [2.24, 2.45) is 16.0 Å². The van der Waals surface area contributed by atoms with Crippen LogP contribution in [0.25, 0.3) is 0 Å². The fourth-order valence-corrected chi connectivity index (χ4v) is 4.85. The van der Waals surface area contributed by atoms with Crippen LogP contribution in [0, 0.1) is 40.5 Å². The van der Waals surface area contributed by atoms with Gasteiger partial charge in [-0.15, -0.1) is 0 Å². The van der Waals surface area contributed by atoms with Crippen molar-refractivity contribution in [1.82, 2.24) is 9.73 Å². The van der Waals surface area contributed by atoms with Gasteiger partial charge in [-0.3, -0.25) is 4.99 Å². The molecule has 2 rings (SSSR count). The molecule has 1 aliphatic rings. The first kappa shape index (κ1) is 20.4. The van der Waals surface area contributed by atoms with Gasteiger partial charge in [-0.1, -0.05) is 6.92 Å². The number of hydrogen-bond donors (Lipinski definition) is 1. The Balaban J connectivity index is 2.45. The van der Waals surface area contributed by atoms with Crippen LogP contribution in [-0.4, -0.2) is 38.7 Å². The molecule has 0 aliphatic carbocycles. The van der Waals surface area contributed by atoms with E-state index in [1.165, 1.54) is 0 Å². The highest BCUT2D eigenvalue weighted by molar-refractivity contribution is 7.90. The fourth-order valence-electron chi connectivity index (χ4n) is 3.22. The van der Waals surface area contributed by atoms with Crippen molar-refractivity contribution in [1.29, 1.82) is 0 Å². The number of nitrogens with one attached hydrogen (secondary N) is 1. The van der Waals surface area contributed by atoms with Crippen molar-refractivity contribution in [3.8, 4) is 0 Å². The lowest BCUT2D eigenvalue weighted by atomic mass is 9.95. The number of aliphatic imine (C=N–C) groups is 1. The second-order valence-electron chi connectivity index (χ2n) is 6.87. The van der Waals surface area contributed by atoms with Gasteiger partial charge in [-0.05, 0) is 75.8 Å². The van der Waals surface area contributed by atoms with E-state index in [2.05, 4.69) is 21.7 Å². The standard InChI is InChI=1S/C19H30N4O2S/c1-8-17-10-21-23(11-17)19(20-9-2)22-26(24,25)18-15(6)13(4)12(3)14(5)16(18)7/h10,17H,8-9,11H2,1-7H3,(H,20,22). The van der Waals surface area contributed by atoms with Crippen LogP contribution >= 0.6 is 0 Å². The maximum atomic E-state index is 13.2. The molecular formula is C19H30N4O2S. The second-order valence-corrected chi connectivity index (χ2v) is 8.49. The Morgan fingerprint density at radius 2 is 1.65 bits per heavy atom.